The van der Waals surface area contributed by atoms with Gasteiger partial charge in [0.25, 0.3) is 5.91 Å². The molecular weight excluding hydrogens is 727 g/mol. The maximum atomic E-state index is 14.9. The molecule has 2 aromatic rings. The van der Waals surface area contributed by atoms with E-state index < -0.39 is 60.8 Å². The van der Waals surface area contributed by atoms with Crippen molar-refractivity contribution in [2.75, 3.05) is 5.32 Å². The van der Waals surface area contributed by atoms with Gasteiger partial charge in [-0.25, -0.2) is 4.39 Å². The van der Waals surface area contributed by atoms with Crippen LogP contribution in [0.25, 0.3) is 0 Å². The van der Waals surface area contributed by atoms with Crippen LogP contribution in [-0.2, 0) is 10.5 Å². The summed E-state index contributed by atoms with van der Waals surface area (Å²) in [5.41, 5.74) is -7.61. The lowest BCUT2D eigenvalue weighted by atomic mass is 9.87. The zero-order valence-electron chi connectivity index (χ0n) is 20.3. The number of hydrogen-bond acceptors (Lipinski definition) is 2. The van der Waals surface area contributed by atoms with Crippen molar-refractivity contribution >= 4 is 61.0 Å². The van der Waals surface area contributed by atoms with Crippen LogP contribution < -0.4 is 10.6 Å². The monoisotopic (exact) mass is 740 g/mol. The number of nitrogens with one attached hydrogen (secondary N) is 2. The number of aryl methyl sites for hydroxylation is 1. The topological polar surface area (TPSA) is 58.2 Å². The Bertz CT molecular complexity index is 1420. The van der Waals surface area contributed by atoms with E-state index in [1.807, 2.05) is 0 Å². The predicted molar refractivity (Wildman–Crippen MR) is 139 cm³/mol. The maximum Gasteiger partial charge on any atom is 0.457 e. The highest BCUT2D eigenvalue weighted by atomic mass is 79.9. The molecule has 1 aliphatic rings. The van der Waals surface area contributed by atoms with E-state index in [1.165, 1.54) is 18.2 Å². The summed E-state index contributed by atoms with van der Waals surface area (Å²) in [6.45, 7) is 1.70. The van der Waals surface area contributed by atoms with Crippen molar-refractivity contribution in [3.63, 3.8) is 0 Å². The van der Waals surface area contributed by atoms with Gasteiger partial charge in [0.1, 0.15) is 4.87 Å². The molecule has 0 spiro atoms. The Hall–Kier alpha value is -2.52. The lowest BCUT2D eigenvalue weighted by molar-refractivity contribution is -0.389. The molecule has 0 radical (unpaired) electrons. The Morgan fingerprint density at radius 1 is 0.902 bits per heavy atom. The predicted octanol–water partition coefficient (Wildman–Crippen LogP) is 8.63. The number of alkyl halides is 10. The van der Waals surface area contributed by atoms with E-state index >= 15 is 0 Å². The van der Waals surface area contributed by atoms with Crippen molar-refractivity contribution in [3.05, 3.63) is 86.0 Å². The van der Waals surface area contributed by atoms with Gasteiger partial charge in [0.15, 0.2) is 0 Å². The fourth-order valence-electron chi connectivity index (χ4n) is 3.80. The third kappa shape index (κ3) is 6.17. The van der Waals surface area contributed by atoms with E-state index in [9.17, 15) is 49.1 Å². The molecule has 16 heteroatoms. The largest absolute Gasteiger partial charge is 0.457 e. The van der Waals surface area contributed by atoms with E-state index in [1.54, 1.807) is 31.2 Å². The zero-order valence-corrected chi connectivity index (χ0v) is 24.2. The summed E-state index contributed by atoms with van der Waals surface area (Å²) >= 11 is 11.8. The molecule has 0 aliphatic heterocycles. The van der Waals surface area contributed by atoms with Gasteiger partial charge in [-0.2, -0.15) is 35.1 Å². The molecule has 1 aliphatic carbocycles. The summed E-state index contributed by atoms with van der Waals surface area (Å²) in [5, 5.41) is 4.80. The highest BCUT2D eigenvalue weighted by Gasteiger charge is 2.81. The standard InChI is InChI=1S/C25H16Br2ClF9N2O2/c1-12-5-2-3-7-15(12)19(40)38-14-6-4-8-21(28,11-14)20(41)39-18-16(26)9-13(10-17(18)27)22(29,24(32,33)34)23(30,31)25(35,36)37/h2-7,9-11H,8H2,1H3,(H,38,40)(H,39,41). The van der Waals surface area contributed by atoms with Crippen molar-refractivity contribution in [3.8, 4) is 0 Å². The number of carbonyl (C=O) groups excluding carboxylic acids is 2. The average Bonchev–Trinajstić information content (AvgIpc) is 2.84. The Kier molecular flexibility index (Phi) is 9.08. The number of rotatable bonds is 6. The molecular formula is C25H16Br2ClF9N2O2. The first kappa shape index (κ1) is 33.0. The van der Waals surface area contributed by atoms with Crippen LogP contribution in [0.2, 0.25) is 0 Å². The maximum absolute atomic E-state index is 14.9. The molecule has 0 heterocycles. The number of allylic oxidation sites excluding steroid dienone is 2. The SMILES string of the molecule is Cc1ccccc1C(=O)NC1=CC(Cl)(C(=O)Nc2c(Br)cc(C(F)(C(F)(F)F)C(F)(F)C(F)(F)F)cc2Br)CC=C1. The Morgan fingerprint density at radius 2 is 1.46 bits per heavy atom. The van der Waals surface area contributed by atoms with E-state index in [0.717, 1.165) is 0 Å². The van der Waals surface area contributed by atoms with Gasteiger partial charge in [-0.1, -0.05) is 24.3 Å². The second-order valence-electron chi connectivity index (χ2n) is 8.84. The number of hydrogen-bond donors (Lipinski definition) is 2. The van der Waals surface area contributed by atoms with Crippen molar-refractivity contribution in [1.82, 2.24) is 5.32 Å². The lowest BCUT2D eigenvalue weighted by Gasteiger charge is -2.36. The molecule has 3 rings (SSSR count). The number of amides is 2. The van der Waals surface area contributed by atoms with Crippen molar-refractivity contribution < 1.29 is 49.1 Å². The molecule has 0 saturated heterocycles. The van der Waals surface area contributed by atoms with Crippen LogP contribution in [0.4, 0.5) is 45.2 Å². The van der Waals surface area contributed by atoms with Gasteiger partial charge in [-0.15, -0.1) is 11.6 Å². The number of carbonyl (C=O) groups is 2. The number of benzene rings is 2. The van der Waals surface area contributed by atoms with Crippen molar-refractivity contribution in [2.24, 2.45) is 0 Å². The van der Waals surface area contributed by atoms with Crippen LogP contribution >= 0.6 is 43.5 Å². The molecule has 2 atom stereocenters. The zero-order chi connectivity index (χ0) is 31.2. The van der Waals surface area contributed by atoms with Crippen LogP contribution in [0.3, 0.4) is 0 Å². The number of halogens is 12. The van der Waals surface area contributed by atoms with Crippen LogP contribution in [0, 0.1) is 6.92 Å². The first-order valence-electron chi connectivity index (χ1n) is 11.1. The molecule has 0 saturated carbocycles. The van der Waals surface area contributed by atoms with Gasteiger partial charge in [0.2, 0.25) is 5.91 Å². The normalized spacial score (nSPS) is 19.3. The smallest absolute Gasteiger partial charge is 0.322 e. The van der Waals surface area contributed by atoms with E-state index in [0.29, 0.717) is 11.1 Å². The second kappa shape index (κ2) is 11.3. The molecule has 0 bridgehead atoms. The van der Waals surface area contributed by atoms with Gasteiger partial charge >= 0.3 is 23.9 Å². The quantitative estimate of drug-likeness (QED) is 0.230. The molecule has 4 nitrogen and oxygen atoms in total. The third-order valence-corrected chi connectivity index (χ3v) is 7.67. The molecule has 41 heavy (non-hydrogen) atoms. The second-order valence-corrected chi connectivity index (χ2v) is 11.2. The summed E-state index contributed by atoms with van der Waals surface area (Å²) in [7, 11) is 0. The molecule has 2 aromatic carbocycles. The average molecular weight is 743 g/mol. The Labute approximate surface area is 248 Å². The Balaban J connectivity index is 1.93. The van der Waals surface area contributed by atoms with Gasteiger partial charge in [-0.05, 0) is 81.1 Å². The minimum Gasteiger partial charge on any atom is -0.322 e. The van der Waals surface area contributed by atoms with Crippen molar-refractivity contribution in [2.45, 2.75) is 42.2 Å². The molecule has 2 amide bonds. The fraction of sp³-hybridized carbons (Fsp3) is 0.280. The molecule has 0 aromatic heterocycles. The van der Waals surface area contributed by atoms with Gasteiger partial charge in [-0.3, -0.25) is 9.59 Å². The van der Waals surface area contributed by atoms with E-state index in [2.05, 4.69) is 42.5 Å². The molecule has 2 unspecified atom stereocenters. The highest BCUT2D eigenvalue weighted by Crippen LogP contribution is 2.59. The summed E-state index contributed by atoms with van der Waals surface area (Å²) in [6, 6.07) is 6.71. The summed E-state index contributed by atoms with van der Waals surface area (Å²) < 4.78 is 120. The van der Waals surface area contributed by atoms with Crippen LogP contribution in [0.5, 0.6) is 0 Å². The lowest BCUT2D eigenvalue weighted by Crippen LogP contribution is -2.59. The van der Waals surface area contributed by atoms with Crippen molar-refractivity contribution in [1.29, 1.82) is 0 Å². The molecule has 222 valence electrons. The third-order valence-electron chi connectivity index (χ3n) is 5.98. The van der Waals surface area contributed by atoms with E-state index in [-0.39, 0.29) is 24.3 Å². The Morgan fingerprint density at radius 3 is 1.98 bits per heavy atom. The van der Waals surface area contributed by atoms with Gasteiger partial charge in [0, 0.05) is 25.8 Å². The number of anilines is 1. The van der Waals surface area contributed by atoms with Gasteiger partial charge < -0.3 is 10.6 Å². The minimum absolute atomic E-state index is 0.0406. The summed E-state index contributed by atoms with van der Waals surface area (Å²) in [4.78, 5) is 23.8. The summed E-state index contributed by atoms with van der Waals surface area (Å²) in [5.74, 6) is -8.42. The van der Waals surface area contributed by atoms with Gasteiger partial charge in [0.05, 0.1) is 5.69 Å². The van der Waals surface area contributed by atoms with Crippen LogP contribution in [-0.4, -0.2) is 35.0 Å². The minimum atomic E-state index is -6.90. The first-order valence-corrected chi connectivity index (χ1v) is 13.1. The first-order chi connectivity index (χ1) is 18.7. The highest BCUT2D eigenvalue weighted by molar-refractivity contribution is 9.11. The molecule has 0 fully saturated rings. The van der Waals surface area contributed by atoms with Crippen LogP contribution in [0.1, 0.15) is 27.9 Å². The summed E-state index contributed by atoms with van der Waals surface area (Å²) in [6.07, 6.45) is -9.67. The van der Waals surface area contributed by atoms with E-state index in [4.69, 9.17) is 11.6 Å². The molecule has 2 N–H and O–H groups in total. The van der Waals surface area contributed by atoms with Crippen LogP contribution in [0.15, 0.2) is 69.3 Å². The fourth-order valence-corrected chi connectivity index (χ4v) is 5.44.